The first-order valence-electron chi connectivity index (χ1n) is 8.94. The van der Waals surface area contributed by atoms with Gasteiger partial charge in [0, 0.05) is 25.0 Å². The van der Waals surface area contributed by atoms with Gasteiger partial charge >= 0.3 is 12.0 Å². The van der Waals surface area contributed by atoms with Gasteiger partial charge in [0.15, 0.2) is 0 Å². The molecule has 2 N–H and O–H groups in total. The average molecular weight is 352 g/mol. The molecule has 1 aliphatic rings. The van der Waals surface area contributed by atoms with Crippen LogP contribution in [-0.4, -0.2) is 41.1 Å². The molecular formula is C21H24N2O3. The maximum Gasteiger partial charge on any atom is 0.317 e. The summed E-state index contributed by atoms with van der Waals surface area (Å²) in [6.07, 6.45) is 0.512. The lowest BCUT2D eigenvalue weighted by Crippen LogP contribution is -2.45. The Morgan fingerprint density at radius 3 is 2.04 bits per heavy atom. The predicted molar refractivity (Wildman–Crippen MR) is 100 cm³/mol. The Labute approximate surface area is 153 Å². The molecule has 1 fully saturated rings. The molecule has 5 nitrogen and oxygen atoms in total. The number of nitrogens with zero attached hydrogens (tertiary/aromatic N) is 1. The van der Waals surface area contributed by atoms with Crippen LogP contribution in [0.1, 0.15) is 30.4 Å². The molecule has 136 valence electrons. The molecule has 5 heteroatoms. The van der Waals surface area contributed by atoms with Crippen molar-refractivity contribution in [2.24, 2.45) is 5.92 Å². The fourth-order valence-electron chi connectivity index (χ4n) is 3.61. The molecule has 0 aliphatic carbocycles. The van der Waals surface area contributed by atoms with Crippen molar-refractivity contribution in [1.29, 1.82) is 0 Å². The molecule has 0 aromatic heterocycles. The van der Waals surface area contributed by atoms with Crippen LogP contribution in [0.2, 0.25) is 0 Å². The number of benzene rings is 2. The number of carbonyl (C=O) groups is 2. The van der Waals surface area contributed by atoms with Gasteiger partial charge in [0.25, 0.3) is 0 Å². The van der Waals surface area contributed by atoms with Gasteiger partial charge in [-0.3, -0.25) is 4.79 Å². The van der Waals surface area contributed by atoms with Gasteiger partial charge in [-0.25, -0.2) is 4.79 Å². The number of carboxylic acid groups (broad SMARTS) is 1. The van der Waals surface area contributed by atoms with Crippen LogP contribution >= 0.6 is 0 Å². The van der Waals surface area contributed by atoms with Gasteiger partial charge in [-0.1, -0.05) is 60.7 Å². The highest BCUT2D eigenvalue weighted by atomic mass is 16.4. The first-order chi connectivity index (χ1) is 12.6. The highest BCUT2D eigenvalue weighted by Gasteiger charge is 2.32. The van der Waals surface area contributed by atoms with Crippen molar-refractivity contribution in [2.75, 3.05) is 13.1 Å². The van der Waals surface area contributed by atoms with Crippen molar-refractivity contribution in [2.45, 2.75) is 25.3 Å². The Hall–Kier alpha value is -2.82. The van der Waals surface area contributed by atoms with Crippen molar-refractivity contribution in [1.82, 2.24) is 10.2 Å². The van der Waals surface area contributed by atoms with Crippen LogP contribution in [0.5, 0.6) is 0 Å². The van der Waals surface area contributed by atoms with Gasteiger partial charge in [0.2, 0.25) is 0 Å². The van der Waals surface area contributed by atoms with Crippen molar-refractivity contribution in [3.05, 3.63) is 71.8 Å². The third-order valence-electron chi connectivity index (χ3n) is 4.99. The highest BCUT2D eigenvalue weighted by Crippen LogP contribution is 2.28. The third kappa shape index (κ3) is 4.04. The summed E-state index contributed by atoms with van der Waals surface area (Å²) in [4.78, 5) is 25.3. The van der Waals surface area contributed by atoms with E-state index >= 15 is 0 Å². The van der Waals surface area contributed by atoms with Gasteiger partial charge in [-0.2, -0.15) is 0 Å². The summed E-state index contributed by atoms with van der Waals surface area (Å²) in [5.41, 5.74) is 2.27. The van der Waals surface area contributed by atoms with Crippen molar-refractivity contribution in [3.63, 3.8) is 0 Å². The number of nitrogens with one attached hydrogen (secondary N) is 1. The average Bonchev–Trinajstić information content (AvgIpc) is 3.14. The number of likely N-dealkylation sites (tertiary alicyclic amines) is 1. The van der Waals surface area contributed by atoms with E-state index in [1.54, 1.807) is 4.90 Å². The number of urea groups is 1. The molecule has 3 rings (SSSR count). The summed E-state index contributed by atoms with van der Waals surface area (Å²) < 4.78 is 0. The third-order valence-corrected chi connectivity index (χ3v) is 4.99. The first-order valence-corrected chi connectivity index (χ1v) is 8.94. The van der Waals surface area contributed by atoms with Crippen LogP contribution in [0.25, 0.3) is 0 Å². The molecular weight excluding hydrogens is 328 g/mol. The maximum atomic E-state index is 12.6. The summed E-state index contributed by atoms with van der Waals surface area (Å²) in [5.74, 6) is -1.27. The van der Waals surface area contributed by atoms with Crippen LogP contribution in [0.4, 0.5) is 4.79 Å². The fraction of sp³-hybridized carbons (Fsp3) is 0.333. The highest BCUT2D eigenvalue weighted by molar-refractivity contribution is 5.77. The first kappa shape index (κ1) is 18.0. The van der Waals surface area contributed by atoms with Crippen LogP contribution in [0.15, 0.2) is 60.7 Å². The van der Waals surface area contributed by atoms with Gasteiger partial charge in [-0.15, -0.1) is 0 Å². The summed E-state index contributed by atoms with van der Waals surface area (Å²) in [6.45, 7) is 2.75. The molecule has 1 saturated heterocycles. The normalized spacial score (nSPS) is 17.9. The van der Waals surface area contributed by atoms with Crippen molar-refractivity contribution in [3.8, 4) is 0 Å². The van der Waals surface area contributed by atoms with E-state index in [1.165, 1.54) is 0 Å². The minimum atomic E-state index is -0.834. The SMILES string of the molecule is CC(NC(=O)N1CCC(C(=O)O)C1)C(c1ccccc1)c1ccccc1. The summed E-state index contributed by atoms with van der Waals surface area (Å²) in [6, 6.07) is 19.9. The van der Waals surface area contributed by atoms with Crippen LogP contribution in [-0.2, 0) is 4.79 Å². The summed E-state index contributed by atoms with van der Waals surface area (Å²) in [5, 5.41) is 12.2. The number of aliphatic carboxylic acids is 1. The summed E-state index contributed by atoms with van der Waals surface area (Å²) >= 11 is 0. The molecule has 0 radical (unpaired) electrons. The standard InChI is InChI=1S/C21H24N2O3/c1-15(22-21(26)23-13-12-18(14-23)20(24)25)19(16-8-4-2-5-9-16)17-10-6-3-7-11-17/h2-11,15,18-19H,12-14H2,1H3,(H,22,26)(H,24,25). The zero-order valence-electron chi connectivity index (χ0n) is 14.8. The quantitative estimate of drug-likeness (QED) is 0.867. The second-order valence-electron chi connectivity index (χ2n) is 6.81. The minimum Gasteiger partial charge on any atom is -0.481 e. The van der Waals surface area contributed by atoms with Crippen LogP contribution in [0.3, 0.4) is 0 Å². The van der Waals surface area contributed by atoms with E-state index in [1.807, 2.05) is 43.3 Å². The van der Waals surface area contributed by atoms with Crippen LogP contribution < -0.4 is 5.32 Å². The van der Waals surface area contributed by atoms with Crippen molar-refractivity contribution >= 4 is 12.0 Å². The van der Waals surface area contributed by atoms with E-state index in [2.05, 4.69) is 29.6 Å². The largest absolute Gasteiger partial charge is 0.481 e. The Balaban J connectivity index is 1.75. The number of hydrogen-bond donors (Lipinski definition) is 2. The van der Waals surface area contributed by atoms with E-state index in [9.17, 15) is 9.59 Å². The number of amides is 2. The van der Waals surface area contributed by atoms with Gasteiger partial charge in [-0.05, 0) is 24.5 Å². The molecule has 2 unspecified atom stereocenters. The van der Waals surface area contributed by atoms with Crippen LogP contribution in [0, 0.1) is 5.92 Å². The van der Waals surface area contributed by atoms with Gasteiger partial charge in [0.1, 0.15) is 0 Å². The fourth-order valence-corrected chi connectivity index (χ4v) is 3.61. The number of carbonyl (C=O) groups excluding carboxylic acids is 1. The number of rotatable bonds is 5. The van der Waals surface area contributed by atoms with Gasteiger partial charge in [0.05, 0.1) is 5.92 Å². The topological polar surface area (TPSA) is 69.6 Å². The van der Waals surface area contributed by atoms with E-state index in [4.69, 9.17) is 5.11 Å². The smallest absolute Gasteiger partial charge is 0.317 e. The van der Waals surface area contributed by atoms with E-state index < -0.39 is 11.9 Å². The molecule has 2 atom stereocenters. The lowest BCUT2D eigenvalue weighted by atomic mass is 9.86. The van der Waals surface area contributed by atoms with E-state index in [0.717, 1.165) is 11.1 Å². The zero-order chi connectivity index (χ0) is 18.5. The summed E-state index contributed by atoms with van der Waals surface area (Å²) in [7, 11) is 0. The Kier molecular flexibility index (Phi) is 5.56. The molecule has 0 spiro atoms. The molecule has 0 bridgehead atoms. The monoisotopic (exact) mass is 352 g/mol. The second kappa shape index (κ2) is 8.04. The molecule has 2 aromatic rings. The number of hydrogen-bond acceptors (Lipinski definition) is 2. The molecule has 2 amide bonds. The molecule has 2 aromatic carbocycles. The molecule has 1 aliphatic heterocycles. The minimum absolute atomic E-state index is 0.0271. The Morgan fingerprint density at radius 2 is 1.58 bits per heavy atom. The van der Waals surface area contributed by atoms with Gasteiger partial charge < -0.3 is 15.3 Å². The zero-order valence-corrected chi connectivity index (χ0v) is 14.8. The molecule has 26 heavy (non-hydrogen) atoms. The predicted octanol–water partition coefficient (Wildman–Crippen LogP) is 3.32. The second-order valence-corrected chi connectivity index (χ2v) is 6.81. The number of carboxylic acids is 1. The van der Waals surface area contributed by atoms with E-state index in [-0.39, 0.29) is 24.5 Å². The molecule has 0 saturated carbocycles. The van der Waals surface area contributed by atoms with Crippen molar-refractivity contribution < 1.29 is 14.7 Å². The Morgan fingerprint density at radius 1 is 1.04 bits per heavy atom. The molecule has 1 heterocycles. The Bertz CT molecular complexity index is 709. The maximum absolute atomic E-state index is 12.6. The lowest BCUT2D eigenvalue weighted by molar-refractivity contribution is -0.141. The lowest BCUT2D eigenvalue weighted by Gasteiger charge is -2.28. The van der Waals surface area contributed by atoms with E-state index in [0.29, 0.717) is 13.0 Å².